The van der Waals surface area contributed by atoms with Crippen molar-refractivity contribution in [2.24, 2.45) is 0 Å². The summed E-state index contributed by atoms with van der Waals surface area (Å²) in [5, 5.41) is 72.2. The molecule has 0 aromatic heterocycles. The molecule has 7 N–H and O–H groups in total. The third kappa shape index (κ3) is 29.6. The SMILES string of the molecule is C=CCCCCCCCCCCCCCCCC(=O)O[C@@H](COC(=O)CCCCCCCCCCC/C=C/CCCCCCCC)CO[C@@H]1O[C@H](CO[C@@H]2O[C@H](CO)[C@H](O)C(O)C2O)[C@H](O)C(O)C1O. The fraction of sp³-hybridized carbons (Fsp3) is 0.891. The van der Waals surface area contributed by atoms with Crippen molar-refractivity contribution in [2.45, 2.75) is 286 Å². The minimum Gasteiger partial charge on any atom is -0.462 e. The number of esters is 2. The molecule has 0 amide bonds. The molecule has 2 heterocycles. The van der Waals surface area contributed by atoms with Gasteiger partial charge in [0, 0.05) is 12.8 Å². The summed E-state index contributed by atoms with van der Waals surface area (Å²) in [6.07, 6.45) is 26.6. The second kappa shape index (κ2) is 42.3. The molecule has 0 spiro atoms. The topological polar surface area (TPSA) is 231 Å². The molecule has 4 unspecified atom stereocenters. The number of carbonyl (C=O) groups excluding carboxylic acids is 2. The molecule has 2 aliphatic heterocycles. The Kier molecular flexibility index (Phi) is 38.8. The van der Waals surface area contributed by atoms with E-state index in [2.05, 4.69) is 25.7 Å². The third-order valence-corrected chi connectivity index (χ3v) is 13.5. The van der Waals surface area contributed by atoms with Crippen LogP contribution in [0.3, 0.4) is 0 Å². The normalized spacial score (nSPS) is 25.3. The fourth-order valence-electron chi connectivity index (χ4n) is 8.96. The van der Waals surface area contributed by atoms with E-state index >= 15 is 0 Å². The monoisotopic (exact) mass is 1000 g/mol. The molecule has 0 aliphatic carbocycles. The standard InChI is InChI=1S/C55H100O15/c1-3-5-7-9-11-13-15-17-19-20-21-22-24-25-27-29-31-33-35-37-46(57)65-40-43(68-47(58)38-36-34-32-30-28-26-23-18-16-14-12-10-8-6-4-2)41-66-54-53(64)51(62)49(60)45(70-54)42-67-55-52(63)50(61)48(59)44(39-56)69-55/h4,17,19,43-45,48-56,59-64H,2-3,5-16,18,20-42H2,1H3/b19-17+/t43-,44+,45+,48-,49-,50?,51?,52?,53?,54+,55+/m0/s1. The van der Waals surface area contributed by atoms with E-state index in [0.717, 1.165) is 44.9 Å². The molecule has 0 aromatic carbocycles. The summed E-state index contributed by atoms with van der Waals surface area (Å²) in [6.45, 7) is 4.15. The number of hydrogen-bond acceptors (Lipinski definition) is 15. The van der Waals surface area contributed by atoms with Crippen LogP contribution in [0.25, 0.3) is 0 Å². The van der Waals surface area contributed by atoms with Crippen molar-refractivity contribution in [1.29, 1.82) is 0 Å². The highest BCUT2D eigenvalue weighted by Gasteiger charge is 2.47. The molecule has 410 valence electrons. The Morgan fingerprint density at radius 2 is 0.886 bits per heavy atom. The number of hydrogen-bond donors (Lipinski definition) is 7. The van der Waals surface area contributed by atoms with Crippen molar-refractivity contribution < 1.29 is 73.8 Å². The van der Waals surface area contributed by atoms with Gasteiger partial charge in [-0.15, -0.1) is 6.58 Å². The zero-order valence-electron chi connectivity index (χ0n) is 43.3. The van der Waals surface area contributed by atoms with Gasteiger partial charge in [0.2, 0.25) is 0 Å². The summed E-state index contributed by atoms with van der Waals surface area (Å²) in [5.74, 6) is -0.921. The van der Waals surface area contributed by atoms with E-state index in [9.17, 15) is 45.3 Å². The first-order valence-corrected chi connectivity index (χ1v) is 27.9. The summed E-state index contributed by atoms with van der Waals surface area (Å²) in [7, 11) is 0. The Balaban J connectivity index is 1.76. The summed E-state index contributed by atoms with van der Waals surface area (Å²) < 4.78 is 33.7. The second-order valence-corrected chi connectivity index (χ2v) is 19.8. The molecule has 2 aliphatic rings. The Morgan fingerprint density at radius 1 is 0.486 bits per heavy atom. The molecule has 70 heavy (non-hydrogen) atoms. The first-order valence-electron chi connectivity index (χ1n) is 27.9. The molecule has 0 radical (unpaired) electrons. The quantitative estimate of drug-likeness (QED) is 0.0172. The molecule has 15 nitrogen and oxygen atoms in total. The van der Waals surface area contributed by atoms with Crippen molar-refractivity contribution in [1.82, 2.24) is 0 Å². The second-order valence-electron chi connectivity index (χ2n) is 19.8. The van der Waals surface area contributed by atoms with Crippen LogP contribution in [0.1, 0.15) is 219 Å². The molecule has 0 aromatic rings. The highest BCUT2D eigenvalue weighted by Crippen LogP contribution is 2.27. The van der Waals surface area contributed by atoms with Crippen LogP contribution in [0.2, 0.25) is 0 Å². The van der Waals surface area contributed by atoms with Gasteiger partial charge in [0.1, 0.15) is 55.4 Å². The maximum absolute atomic E-state index is 13.0. The van der Waals surface area contributed by atoms with Crippen LogP contribution >= 0.6 is 0 Å². The number of rotatable bonds is 45. The van der Waals surface area contributed by atoms with Crippen LogP contribution in [0.15, 0.2) is 24.8 Å². The maximum atomic E-state index is 13.0. The zero-order valence-corrected chi connectivity index (χ0v) is 43.3. The van der Waals surface area contributed by atoms with Crippen LogP contribution in [0.5, 0.6) is 0 Å². The van der Waals surface area contributed by atoms with Gasteiger partial charge in [-0.1, -0.05) is 173 Å². The lowest BCUT2D eigenvalue weighted by molar-refractivity contribution is -0.332. The van der Waals surface area contributed by atoms with Gasteiger partial charge in [0.25, 0.3) is 0 Å². The Bertz CT molecular complexity index is 1300. The molecular weight excluding hydrogens is 901 g/mol. The number of carbonyl (C=O) groups is 2. The molecular formula is C55H100O15. The highest BCUT2D eigenvalue weighted by atomic mass is 16.7. The fourth-order valence-corrected chi connectivity index (χ4v) is 8.96. The first kappa shape index (κ1) is 64.1. The van der Waals surface area contributed by atoms with E-state index < -0.39 is 92.7 Å². The number of aliphatic hydroxyl groups excluding tert-OH is 7. The summed E-state index contributed by atoms with van der Waals surface area (Å²) in [5.41, 5.74) is 0. The molecule has 11 atom stereocenters. The molecule has 15 heteroatoms. The predicted octanol–water partition coefficient (Wildman–Crippen LogP) is 8.72. The maximum Gasteiger partial charge on any atom is 0.306 e. The van der Waals surface area contributed by atoms with Crippen molar-refractivity contribution in [3.05, 3.63) is 24.8 Å². The van der Waals surface area contributed by atoms with E-state index in [0.29, 0.717) is 12.8 Å². The zero-order chi connectivity index (χ0) is 51.0. The van der Waals surface area contributed by atoms with Crippen LogP contribution in [0.4, 0.5) is 0 Å². The van der Waals surface area contributed by atoms with Gasteiger partial charge >= 0.3 is 11.9 Å². The lowest BCUT2D eigenvalue weighted by Crippen LogP contribution is -2.61. The van der Waals surface area contributed by atoms with Gasteiger partial charge in [0.05, 0.1) is 19.8 Å². The molecule has 0 bridgehead atoms. The van der Waals surface area contributed by atoms with E-state index in [1.165, 1.54) is 141 Å². The van der Waals surface area contributed by atoms with E-state index in [-0.39, 0.29) is 26.1 Å². The first-order chi connectivity index (χ1) is 34.0. The van der Waals surface area contributed by atoms with E-state index in [1.54, 1.807) is 0 Å². The average molecular weight is 1000 g/mol. The van der Waals surface area contributed by atoms with Gasteiger partial charge in [-0.3, -0.25) is 9.59 Å². The molecule has 2 saturated heterocycles. The molecule has 0 saturated carbocycles. The minimum absolute atomic E-state index is 0.165. The number of allylic oxidation sites excluding steroid dienone is 3. The van der Waals surface area contributed by atoms with Crippen molar-refractivity contribution in [3.8, 4) is 0 Å². The van der Waals surface area contributed by atoms with Crippen LogP contribution < -0.4 is 0 Å². The molecule has 2 rings (SSSR count). The lowest BCUT2D eigenvalue weighted by atomic mass is 9.98. The highest BCUT2D eigenvalue weighted by molar-refractivity contribution is 5.70. The minimum atomic E-state index is -1.76. The van der Waals surface area contributed by atoms with Crippen molar-refractivity contribution in [2.75, 3.05) is 26.4 Å². The molecule has 2 fully saturated rings. The van der Waals surface area contributed by atoms with Crippen LogP contribution in [-0.2, 0) is 38.0 Å². The van der Waals surface area contributed by atoms with Crippen LogP contribution in [0, 0.1) is 0 Å². The number of unbranched alkanes of at least 4 members (excludes halogenated alkanes) is 28. The summed E-state index contributed by atoms with van der Waals surface area (Å²) in [4.78, 5) is 25.8. The largest absolute Gasteiger partial charge is 0.462 e. The Morgan fingerprint density at radius 3 is 1.36 bits per heavy atom. The Hall–Kier alpha value is -2.02. The van der Waals surface area contributed by atoms with Crippen molar-refractivity contribution in [3.63, 3.8) is 0 Å². The van der Waals surface area contributed by atoms with Gasteiger partial charge in [-0.2, -0.15) is 0 Å². The lowest BCUT2D eigenvalue weighted by Gasteiger charge is -2.42. The Labute approximate surface area is 422 Å². The average Bonchev–Trinajstić information content (AvgIpc) is 3.35. The summed E-state index contributed by atoms with van der Waals surface area (Å²) in [6, 6.07) is 0. The van der Waals surface area contributed by atoms with E-state index in [1.807, 2.05) is 6.08 Å². The van der Waals surface area contributed by atoms with Gasteiger partial charge in [0.15, 0.2) is 18.7 Å². The van der Waals surface area contributed by atoms with Crippen LogP contribution in [-0.4, -0.2) is 142 Å². The van der Waals surface area contributed by atoms with Gasteiger partial charge in [-0.05, 0) is 51.4 Å². The van der Waals surface area contributed by atoms with E-state index in [4.69, 9.17) is 28.4 Å². The summed E-state index contributed by atoms with van der Waals surface area (Å²) >= 11 is 0. The van der Waals surface area contributed by atoms with Crippen molar-refractivity contribution >= 4 is 11.9 Å². The number of aliphatic hydroxyl groups is 7. The van der Waals surface area contributed by atoms with Gasteiger partial charge < -0.3 is 64.2 Å². The van der Waals surface area contributed by atoms with Gasteiger partial charge in [-0.25, -0.2) is 0 Å². The third-order valence-electron chi connectivity index (χ3n) is 13.5. The number of ether oxygens (including phenoxy) is 6. The predicted molar refractivity (Wildman–Crippen MR) is 271 cm³/mol. The smallest absolute Gasteiger partial charge is 0.306 e.